The molecule has 1 aromatic heterocycles. The topological polar surface area (TPSA) is 30.0 Å². The van der Waals surface area contributed by atoms with Crippen LogP contribution in [0.5, 0.6) is 0 Å². The molecule has 0 aliphatic rings. The fourth-order valence-electron chi connectivity index (χ4n) is 0.718. The summed E-state index contributed by atoms with van der Waals surface area (Å²) >= 11 is 0. The maximum absolute atomic E-state index is 12.4. The van der Waals surface area contributed by atoms with E-state index in [-0.39, 0.29) is 11.8 Å². The lowest BCUT2D eigenvalue weighted by molar-refractivity contribution is 0.112. The third-order valence-corrected chi connectivity index (χ3v) is 1.20. The SMILES string of the molecule is O=Cc1cc(F)nc(C(F)F)c1. The van der Waals surface area contributed by atoms with Crippen LogP contribution in [0.15, 0.2) is 12.1 Å². The van der Waals surface area contributed by atoms with E-state index in [9.17, 15) is 18.0 Å². The highest BCUT2D eigenvalue weighted by atomic mass is 19.3. The van der Waals surface area contributed by atoms with Crippen molar-refractivity contribution in [3.05, 3.63) is 29.3 Å². The van der Waals surface area contributed by atoms with Crippen molar-refractivity contribution in [2.45, 2.75) is 6.43 Å². The maximum atomic E-state index is 12.4. The molecular formula is C7H4F3NO. The molecular weight excluding hydrogens is 171 g/mol. The number of rotatable bonds is 2. The quantitative estimate of drug-likeness (QED) is 0.508. The standard InChI is InChI=1S/C7H4F3NO/c8-6-2-4(3-12)1-5(11-6)7(9)10/h1-3,7H. The van der Waals surface area contributed by atoms with Gasteiger partial charge in [-0.3, -0.25) is 4.79 Å². The molecule has 12 heavy (non-hydrogen) atoms. The lowest BCUT2D eigenvalue weighted by atomic mass is 10.2. The Balaban J connectivity index is 3.14. The number of carbonyl (C=O) groups is 1. The predicted octanol–water partition coefficient (Wildman–Crippen LogP) is 1.97. The van der Waals surface area contributed by atoms with Gasteiger partial charge in [-0.2, -0.15) is 4.39 Å². The van der Waals surface area contributed by atoms with Crippen LogP contribution in [-0.4, -0.2) is 11.3 Å². The molecule has 1 rings (SSSR count). The molecule has 2 nitrogen and oxygen atoms in total. The van der Waals surface area contributed by atoms with Crippen molar-refractivity contribution in [2.24, 2.45) is 0 Å². The first kappa shape index (κ1) is 8.70. The zero-order chi connectivity index (χ0) is 9.14. The number of carbonyl (C=O) groups excluding carboxylic acids is 1. The van der Waals surface area contributed by atoms with Gasteiger partial charge in [-0.25, -0.2) is 13.8 Å². The summed E-state index contributed by atoms with van der Waals surface area (Å²) in [5.74, 6) is -1.07. The average Bonchev–Trinajstić information content (AvgIpc) is 2.03. The van der Waals surface area contributed by atoms with Gasteiger partial charge in [-0.1, -0.05) is 0 Å². The molecule has 0 fully saturated rings. The number of hydrogen-bond acceptors (Lipinski definition) is 2. The summed E-state index contributed by atoms with van der Waals surface area (Å²) in [4.78, 5) is 13.0. The van der Waals surface area contributed by atoms with Crippen LogP contribution >= 0.6 is 0 Å². The summed E-state index contributed by atoms with van der Waals surface area (Å²) in [6.07, 6.45) is -2.57. The van der Waals surface area contributed by atoms with E-state index in [1.54, 1.807) is 0 Å². The molecule has 5 heteroatoms. The van der Waals surface area contributed by atoms with Crippen LogP contribution < -0.4 is 0 Å². The highest BCUT2D eigenvalue weighted by Gasteiger charge is 2.11. The fourth-order valence-corrected chi connectivity index (χ4v) is 0.718. The molecule has 0 saturated heterocycles. The van der Waals surface area contributed by atoms with Gasteiger partial charge < -0.3 is 0 Å². The summed E-state index contributed by atoms with van der Waals surface area (Å²) < 4.78 is 36.2. The van der Waals surface area contributed by atoms with Gasteiger partial charge in [0, 0.05) is 11.6 Å². The van der Waals surface area contributed by atoms with E-state index in [1.165, 1.54) is 0 Å². The van der Waals surface area contributed by atoms with Crippen LogP contribution in [0, 0.1) is 5.95 Å². The second-order valence-corrected chi connectivity index (χ2v) is 2.07. The smallest absolute Gasteiger partial charge is 0.280 e. The van der Waals surface area contributed by atoms with Crippen molar-refractivity contribution >= 4 is 6.29 Å². The molecule has 0 aliphatic carbocycles. The molecule has 1 aromatic rings. The van der Waals surface area contributed by atoms with Crippen LogP contribution in [-0.2, 0) is 0 Å². The molecule has 0 bridgehead atoms. The van der Waals surface area contributed by atoms with Crippen molar-refractivity contribution in [3.63, 3.8) is 0 Å². The fraction of sp³-hybridized carbons (Fsp3) is 0.143. The van der Waals surface area contributed by atoms with Gasteiger partial charge in [0.25, 0.3) is 6.43 Å². The minimum Gasteiger partial charge on any atom is -0.298 e. The van der Waals surface area contributed by atoms with Crippen LogP contribution in [0.1, 0.15) is 22.5 Å². The Morgan fingerprint density at radius 3 is 2.58 bits per heavy atom. The van der Waals surface area contributed by atoms with Crippen molar-refractivity contribution in [1.29, 1.82) is 0 Å². The average molecular weight is 175 g/mol. The molecule has 0 saturated carbocycles. The third-order valence-electron chi connectivity index (χ3n) is 1.20. The zero-order valence-corrected chi connectivity index (χ0v) is 5.80. The largest absolute Gasteiger partial charge is 0.298 e. The van der Waals surface area contributed by atoms with E-state index < -0.39 is 18.1 Å². The molecule has 0 aromatic carbocycles. The second kappa shape index (κ2) is 3.34. The first-order chi connectivity index (χ1) is 5.63. The number of halogens is 3. The summed E-state index contributed by atoms with van der Waals surface area (Å²) in [6.45, 7) is 0. The first-order valence-corrected chi connectivity index (χ1v) is 3.04. The molecule has 0 amide bonds. The van der Waals surface area contributed by atoms with Gasteiger partial charge in [-0.05, 0) is 6.07 Å². The van der Waals surface area contributed by atoms with Crippen LogP contribution in [0.2, 0.25) is 0 Å². The Labute approximate surface area is 66.0 Å². The highest BCUT2D eigenvalue weighted by Crippen LogP contribution is 2.17. The minimum atomic E-state index is -2.86. The lowest BCUT2D eigenvalue weighted by Crippen LogP contribution is -1.95. The van der Waals surface area contributed by atoms with Crippen molar-refractivity contribution < 1.29 is 18.0 Å². The molecule has 0 radical (unpaired) electrons. The van der Waals surface area contributed by atoms with Gasteiger partial charge >= 0.3 is 0 Å². The normalized spacial score (nSPS) is 10.3. The molecule has 1 heterocycles. The first-order valence-electron chi connectivity index (χ1n) is 3.04. The Morgan fingerprint density at radius 1 is 1.42 bits per heavy atom. The lowest BCUT2D eigenvalue weighted by Gasteiger charge is -1.98. The molecule has 0 N–H and O–H groups in total. The third kappa shape index (κ3) is 1.81. The predicted molar refractivity (Wildman–Crippen MR) is 34.5 cm³/mol. The van der Waals surface area contributed by atoms with Gasteiger partial charge in [0.15, 0.2) is 0 Å². The number of aromatic nitrogens is 1. The van der Waals surface area contributed by atoms with Crippen molar-refractivity contribution in [2.75, 3.05) is 0 Å². The second-order valence-electron chi connectivity index (χ2n) is 2.07. The summed E-state index contributed by atoms with van der Waals surface area (Å²) in [5, 5.41) is 0. The maximum Gasteiger partial charge on any atom is 0.280 e. The van der Waals surface area contributed by atoms with E-state index >= 15 is 0 Å². The molecule has 64 valence electrons. The monoisotopic (exact) mass is 175 g/mol. The van der Waals surface area contributed by atoms with Gasteiger partial charge in [0.2, 0.25) is 5.95 Å². The number of pyridine rings is 1. The number of hydrogen-bond donors (Lipinski definition) is 0. The molecule has 0 aliphatic heterocycles. The molecule has 0 atom stereocenters. The Kier molecular flexibility index (Phi) is 2.42. The minimum absolute atomic E-state index is 0.141. The Morgan fingerprint density at radius 2 is 2.08 bits per heavy atom. The van der Waals surface area contributed by atoms with Crippen LogP contribution in [0.25, 0.3) is 0 Å². The van der Waals surface area contributed by atoms with E-state index in [4.69, 9.17) is 0 Å². The Hall–Kier alpha value is -1.39. The van der Waals surface area contributed by atoms with E-state index in [1.807, 2.05) is 0 Å². The highest BCUT2D eigenvalue weighted by molar-refractivity contribution is 5.74. The van der Waals surface area contributed by atoms with Crippen LogP contribution in [0.4, 0.5) is 13.2 Å². The summed E-state index contributed by atoms with van der Waals surface area (Å²) in [7, 11) is 0. The van der Waals surface area contributed by atoms with Gasteiger partial charge in [0.1, 0.15) is 12.0 Å². The summed E-state index contributed by atoms with van der Waals surface area (Å²) in [5.41, 5.74) is -0.866. The Bertz CT molecular complexity index is 301. The molecule has 0 unspecified atom stereocenters. The molecule has 0 spiro atoms. The van der Waals surface area contributed by atoms with Crippen molar-refractivity contribution in [1.82, 2.24) is 4.98 Å². The van der Waals surface area contributed by atoms with Gasteiger partial charge in [-0.15, -0.1) is 0 Å². The van der Waals surface area contributed by atoms with Gasteiger partial charge in [0.05, 0.1) is 0 Å². The van der Waals surface area contributed by atoms with E-state index in [2.05, 4.69) is 4.98 Å². The van der Waals surface area contributed by atoms with E-state index in [0.29, 0.717) is 0 Å². The van der Waals surface area contributed by atoms with Crippen LogP contribution in [0.3, 0.4) is 0 Å². The summed E-state index contributed by atoms with van der Waals surface area (Å²) in [6, 6.07) is 1.64. The zero-order valence-electron chi connectivity index (χ0n) is 5.80. The number of alkyl halides is 2. The number of aldehydes is 1. The van der Waals surface area contributed by atoms with Crippen molar-refractivity contribution in [3.8, 4) is 0 Å². The van der Waals surface area contributed by atoms with E-state index in [0.717, 1.165) is 12.1 Å². The number of nitrogens with zero attached hydrogens (tertiary/aromatic N) is 1.